The number of benzene rings is 1. The van der Waals surface area contributed by atoms with Crippen molar-refractivity contribution in [1.82, 2.24) is 19.4 Å². The van der Waals surface area contributed by atoms with Gasteiger partial charge in [0.05, 0.1) is 15.5 Å². The summed E-state index contributed by atoms with van der Waals surface area (Å²) in [5.41, 5.74) is 1.96. The topological polar surface area (TPSA) is 84.3 Å². The van der Waals surface area contributed by atoms with Gasteiger partial charge in [0.25, 0.3) is 5.91 Å². The summed E-state index contributed by atoms with van der Waals surface area (Å²) in [7, 11) is -3.50. The molecule has 9 heteroatoms. The van der Waals surface area contributed by atoms with E-state index in [1.54, 1.807) is 12.1 Å². The first-order chi connectivity index (χ1) is 15.1. The van der Waals surface area contributed by atoms with Crippen molar-refractivity contribution in [2.45, 2.75) is 58.0 Å². The molecule has 172 valence electrons. The number of aryl methyl sites for hydroxylation is 2. The highest BCUT2D eigenvalue weighted by Gasteiger charge is 2.30. The number of amides is 1. The molecule has 7 nitrogen and oxygen atoms in total. The van der Waals surface area contributed by atoms with Gasteiger partial charge in [0.1, 0.15) is 4.83 Å². The molecule has 1 amide bonds. The molecular weight excluding hydrogens is 444 g/mol. The average Bonchev–Trinajstić information content (AvgIpc) is 3.30. The van der Waals surface area contributed by atoms with Crippen LogP contribution in [0.25, 0.3) is 10.2 Å². The molecule has 1 fully saturated rings. The van der Waals surface area contributed by atoms with E-state index < -0.39 is 10.0 Å². The molecule has 1 aromatic carbocycles. The molecule has 2 aromatic heterocycles. The molecule has 0 saturated carbocycles. The van der Waals surface area contributed by atoms with Gasteiger partial charge < -0.3 is 5.32 Å². The first-order valence-electron chi connectivity index (χ1n) is 11.0. The van der Waals surface area contributed by atoms with E-state index in [9.17, 15) is 13.2 Å². The van der Waals surface area contributed by atoms with Gasteiger partial charge in [-0.05, 0) is 50.8 Å². The summed E-state index contributed by atoms with van der Waals surface area (Å²) >= 11 is 1.47. The van der Waals surface area contributed by atoms with Gasteiger partial charge in [-0.25, -0.2) is 8.42 Å². The van der Waals surface area contributed by atoms with Gasteiger partial charge >= 0.3 is 0 Å². The van der Waals surface area contributed by atoms with Gasteiger partial charge in [0.15, 0.2) is 0 Å². The predicted octanol–water partition coefficient (Wildman–Crippen LogP) is 3.95. The van der Waals surface area contributed by atoms with Crippen LogP contribution < -0.4 is 5.32 Å². The quantitative estimate of drug-likeness (QED) is 0.586. The average molecular weight is 475 g/mol. The molecule has 1 aliphatic rings. The van der Waals surface area contributed by atoms with Crippen molar-refractivity contribution >= 4 is 37.5 Å². The van der Waals surface area contributed by atoms with E-state index in [0.29, 0.717) is 41.6 Å². The maximum absolute atomic E-state index is 12.9. The molecule has 4 rings (SSSR count). The van der Waals surface area contributed by atoms with Crippen LogP contribution in [0.1, 0.15) is 47.6 Å². The third kappa shape index (κ3) is 4.60. The second-order valence-corrected chi connectivity index (χ2v) is 11.9. The molecule has 0 spiro atoms. The van der Waals surface area contributed by atoms with Crippen molar-refractivity contribution in [3.8, 4) is 0 Å². The zero-order valence-corrected chi connectivity index (χ0v) is 20.6. The number of hydrogen-bond acceptors (Lipinski definition) is 5. The summed E-state index contributed by atoms with van der Waals surface area (Å²) in [4.78, 5) is 14.9. The lowest BCUT2D eigenvalue weighted by Gasteiger charge is -2.31. The Bertz CT molecular complexity index is 1220. The summed E-state index contributed by atoms with van der Waals surface area (Å²) < 4.78 is 29.3. The number of carbonyl (C=O) groups is 1. The number of fused-ring (bicyclic) bond motifs is 1. The second-order valence-electron chi connectivity index (χ2n) is 8.96. The molecule has 0 aliphatic carbocycles. The monoisotopic (exact) mass is 474 g/mol. The Morgan fingerprint density at radius 3 is 2.47 bits per heavy atom. The van der Waals surface area contributed by atoms with E-state index in [1.807, 2.05) is 36.7 Å². The van der Waals surface area contributed by atoms with Crippen molar-refractivity contribution < 1.29 is 13.2 Å². The smallest absolute Gasteiger partial charge is 0.261 e. The summed E-state index contributed by atoms with van der Waals surface area (Å²) in [6.45, 7) is 9.82. The Kier molecular flexibility index (Phi) is 6.42. The third-order valence-electron chi connectivity index (χ3n) is 5.82. The standard InChI is InChI=1S/C23H30N4O3S2/c1-15(2)14-27-23-20(17(4)25-27)13-21(31-23)22(28)24-18-9-11-26(12-10-18)32(29,30)19-7-5-16(3)6-8-19/h5-8,13,15,18H,9-12,14H2,1-4H3,(H,24,28). The molecule has 3 heterocycles. The van der Waals surface area contributed by atoms with Crippen LogP contribution in [-0.4, -0.2) is 47.5 Å². The maximum Gasteiger partial charge on any atom is 0.261 e. The van der Waals surface area contributed by atoms with Crippen molar-refractivity contribution in [3.05, 3.63) is 46.5 Å². The SMILES string of the molecule is Cc1ccc(S(=O)(=O)N2CCC(NC(=O)c3cc4c(C)nn(CC(C)C)c4s3)CC2)cc1. The van der Waals surface area contributed by atoms with Gasteiger partial charge in [0.2, 0.25) is 10.0 Å². The Morgan fingerprint density at radius 2 is 1.84 bits per heavy atom. The number of nitrogens with one attached hydrogen (secondary N) is 1. The molecule has 0 radical (unpaired) electrons. The first-order valence-corrected chi connectivity index (χ1v) is 13.3. The summed E-state index contributed by atoms with van der Waals surface area (Å²) in [5.74, 6) is 0.375. The minimum Gasteiger partial charge on any atom is -0.349 e. The van der Waals surface area contributed by atoms with E-state index >= 15 is 0 Å². The fourth-order valence-corrected chi connectivity index (χ4v) is 6.59. The van der Waals surface area contributed by atoms with Gasteiger partial charge in [-0.3, -0.25) is 9.48 Å². The molecule has 32 heavy (non-hydrogen) atoms. The lowest BCUT2D eigenvalue weighted by atomic mass is 10.1. The molecule has 1 saturated heterocycles. The van der Waals surface area contributed by atoms with Crippen molar-refractivity contribution in [3.63, 3.8) is 0 Å². The van der Waals surface area contributed by atoms with Crippen molar-refractivity contribution in [2.75, 3.05) is 13.1 Å². The van der Waals surface area contributed by atoms with Crippen LogP contribution in [0, 0.1) is 19.8 Å². The highest BCUT2D eigenvalue weighted by molar-refractivity contribution is 7.89. The van der Waals surface area contributed by atoms with Crippen LogP contribution in [0.2, 0.25) is 0 Å². The lowest BCUT2D eigenvalue weighted by Crippen LogP contribution is -2.46. The molecule has 3 aromatic rings. The number of sulfonamides is 1. The molecule has 0 unspecified atom stereocenters. The summed E-state index contributed by atoms with van der Waals surface area (Å²) in [6, 6.07) is 8.82. The van der Waals surface area contributed by atoms with Crippen LogP contribution in [0.5, 0.6) is 0 Å². The number of nitrogens with zero attached hydrogens (tertiary/aromatic N) is 3. The molecule has 1 N–H and O–H groups in total. The number of piperidine rings is 1. The molecule has 0 bridgehead atoms. The van der Waals surface area contributed by atoms with Crippen LogP contribution in [-0.2, 0) is 16.6 Å². The number of hydrogen-bond donors (Lipinski definition) is 1. The van der Waals surface area contributed by atoms with Crippen LogP contribution in [0.15, 0.2) is 35.2 Å². The fraction of sp³-hybridized carbons (Fsp3) is 0.478. The van der Waals surface area contributed by atoms with Crippen molar-refractivity contribution in [2.24, 2.45) is 5.92 Å². The van der Waals surface area contributed by atoms with E-state index in [4.69, 9.17) is 0 Å². The van der Waals surface area contributed by atoms with Gasteiger partial charge in [0, 0.05) is 31.1 Å². The maximum atomic E-state index is 12.9. The molecule has 1 aliphatic heterocycles. The molecular formula is C23H30N4O3S2. The van der Waals surface area contributed by atoms with E-state index in [0.717, 1.165) is 28.0 Å². The van der Waals surface area contributed by atoms with Crippen LogP contribution in [0.4, 0.5) is 0 Å². The van der Waals surface area contributed by atoms with E-state index in [-0.39, 0.29) is 11.9 Å². The highest BCUT2D eigenvalue weighted by Crippen LogP contribution is 2.29. The Morgan fingerprint density at radius 1 is 1.19 bits per heavy atom. The predicted molar refractivity (Wildman–Crippen MR) is 128 cm³/mol. The fourth-order valence-electron chi connectivity index (χ4n) is 4.05. The lowest BCUT2D eigenvalue weighted by molar-refractivity contribution is 0.0928. The van der Waals surface area contributed by atoms with Gasteiger partial charge in [-0.1, -0.05) is 31.5 Å². The third-order valence-corrected chi connectivity index (χ3v) is 8.88. The van der Waals surface area contributed by atoms with Crippen LogP contribution in [0.3, 0.4) is 0 Å². The van der Waals surface area contributed by atoms with Gasteiger partial charge in [-0.15, -0.1) is 11.3 Å². The first kappa shape index (κ1) is 22.9. The van der Waals surface area contributed by atoms with Crippen LogP contribution >= 0.6 is 11.3 Å². The Balaban J connectivity index is 1.40. The van der Waals surface area contributed by atoms with Gasteiger partial charge in [-0.2, -0.15) is 9.40 Å². The second kappa shape index (κ2) is 8.96. The number of thiophene rings is 1. The minimum absolute atomic E-state index is 0.0366. The molecule has 0 atom stereocenters. The Labute approximate surface area is 193 Å². The minimum atomic E-state index is -3.50. The zero-order valence-electron chi connectivity index (χ0n) is 19.0. The number of aromatic nitrogens is 2. The largest absolute Gasteiger partial charge is 0.349 e. The number of rotatable bonds is 6. The zero-order chi connectivity index (χ0) is 23.0. The highest BCUT2D eigenvalue weighted by atomic mass is 32.2. The summed E-state index contributed by atoms with van der Waals surface area (Å²) in [5, 5.41) is 8.73. The van der Waals surface area contributed by atoms with E-state index in [1.165, 1.54) is 15.6 Å². The van der Waals surface area contributed by atoms with Crippen molar-refractivity contribution in [1.29, 1.82) is 0 Å². The number of carbonyl (C=O) groups excluding carboxylic acids is 1. The normalized spacial score (nSPS) is 16.2. The van der Waals surface area contributed by atoms with E-state index in [2.05, 4.69) is 24.3 Å². The summed E-state index contributed by atoms with van der Waals surface area (Å²) in [6.07, 6.45) is 1.20. The Hall–Kier alpha value is -2.23.